The van der Waals surface area contributed by atoms with Crippen LogP contribution < -0.4 is 5.32 Å². The number of halogens is 2. The minimum Gasteiger partial charge on any atom is -0.368 e. The molecule has 0 saturated heterocycles. The molecule has 14 heavy (non-hydrogen) atoms. The van der Waals surface area contributed by atoms with Crippen molar-refractivity contribution in [1.82, 2.24) is 9.97 Å². The monoisotopic (exact) mass is 277 g/mol. The van der Waals surface area contributed by atoms with Gasteiger partial charge in [-0.15, -0.1) is 11.6 Å². The van der Waals surface area contributed by atoms with Gasteiger partial charge in [0.05, 0.1) is 9.85 Å². The fourth-order valence-electron chi connectivity index (χ4n) is 0.873. The van der Waals surface area contributed by atoms with Gasteiger partial charge in [-0.05, 0) is 21.8 Å². The van der Waals surface area contributed by atoms with E-state index in [9.17, 15) is 0 Å². The molecule has 1 aromatic heterocycles. The molecule has 0 radical (unpaired) electrons. The Morgan fingerprint density at radius 1 is 1.57 bits per heavy atom. The summed E-state index contributed by atoms with van der Waals surface area (Å²) >= 11 is 9.45. The molecule has 0 aromatic carbocycles. The van der Waals surface area contributed by atoms with Gasteiger partial charge in [0.2, 0.25) is 0 Å². The van der Waals surface area contributed by atoms with E-state index in [0.717, 1.165) is 10.3 Å². The van der Waals surface area contributed by atoms with Crippen molar-refractivity contribution in [3.63, 3.8) is 0 Å². The number of nitrogens with zero attached hydrogens (tertiary/aromatic N) is 2. The Balaban J connectivity index is 2.50. The van der Waals surface area contributed by atoms with Crippen LogP contribution in [0.25, 0.3) is 0 Å². The molecule has 0 aliphatic carbocycles. The van der Waals surface area contributed by atoms with Gasteiger partial charge in [-0.25, -0.2) is 9.97 Å². The number of hydrogen-bond donors (Lipinski definition) is 1. The van der Waals surface area contributed by atoms with E-state index < -0.39 is 0 Å². The molecule has 0 fully saturated rings. The summed E-state index contributed by atoms with van der Waals surface area (Å²) in [5.74, 6) is 1.23. The third-order valence-corrected chi connectivity index (χ3v) is 3.09. The number of aromatic nitrogens is 2. The van der Waals surface area contributed by atoms with E-state index in [4.69, 9.17) is 11.6 Å². The molecule has 0 amide bonds. The Kier molecular flexibility index (Phi) is 4.62. The van der Waals surface area contributed by atoms with Gasteiger partial charge in [-0.1, -0.05) is 13.8 Å². The molecule has 1 N–H and O–H groups in total. The minimum atomic E-state index is 0.108. The van der Waals surface area contributed by atoms with Gasteiger partial charge in [0.15, 0.2) is 0 Å². The highest BCUT2D eigenvalue weighted by molar-refractivity contribution is 9.10. The van der Waals surface area contributed by atoms with E-state index in [-0.39, 0.29) is 5.38 Å². The number of nitrogens with one attached hydrogen (secondary N) is 1. The maximum Gasteiger partial charge on any atom is 0.143 e. The van der Waals surface area contributed by atoms with Crippen molar-refractivity contribution in [3.05, 3.63) is 17.0 Å². The first kappa shape index (κ1) is 11.7. The smallest absolute Gasteiger partial charge is 0.143 e. The Morgan fingerprint density at radius 3 is 2.86 bits per heavy atom. The highest BCUT2D eigenvalue weighted by Crippen LogP contribution is 2.18. The second-order valence-electron chi connectivity index (χ2n) is 3.36. The Labute approximate surface area is 97.4 Å². The van der Waals surface area contributed by atoms with Crippen LogP contribution in [0, 0.1) is 5.92 Å². The molecule has 1 heterocycles. The number of rotatable bonds is 4. The summed E-state index contributed by atoms with van der Waals surface area (Å²) in [5, 5.41) is 3.27. The van der Waals surface area contributed by atoms with Crippen LogP contribution in [0.5, 0.6) is 0 Å². The molecule has 0 bridgehead atoms. The van der Waals surface area contributed by atoms with Crippen molar-refractivity contribution in [2.75, 3.05) is 11.9 Å². The summed E-state index contributed by atoms with van der Waals surface area (Å²) in [5.41, 5.74) is 0. The molecule has 1 rings (SSSR count). The highest BCUT2D eigenvalue weighted by Gasteiger charge is 2.10. The SMILES string of the molecule is CC(C)C(Cl)CNc1ncncc1Br. The average Bonchev–Trinajstić information content (AvgIpc) is 2.16. The fourth-order valence-corrected chi connectivity index (χ4v) is 1.31. The lowest BCUT2D eigenvalue weighted by Crippen LogP contribution is -2.20. The third-order valence-electron chi connectivity index (χ3n) is 1.86. The summed E-state index contributed by atoms with van der Waals surface area (Å²) in [6.07, 6.45) is 3.21. The number of hydrogen-bond acceptors (Lipinski definition) is 3. The molecular formula is C9H13BrClN3. The number of anilines is 1. The van der Waals surface area contributed by atoms with Crippen LogP contribution in [0.15, 0.2) is 17.0 Å². The zero-order chi connectivity index (χ0) is 10.6. The zero-order valence-corrected chi connectivity index (χ0v) is 10.5. The van der Waals surface area contributed by atoms with Crippen molar-refractivity contribution < 1.29 is 0 Å². The molecule has 78 valence electrons. The fraction of sp³-hybridized carbons (Fsp3) is 0.556. The van der Waals surface area contributed by atoms with E-state index in [1.54, 1.807) is 6.20 Å². The van der Waals surface area contributed by atoms with Crippen LogP contribution in [0.2, 0.25) is 0 Å². The summed E-state index contributed by atoms with van der Waals surface area (Å²) in [4.78, 5) is 7.96. The van der Waals surface area contributed by atoms with Gasteiger partial charge < -0.3 is 5.32 Å². The van der Waals surface area contributed by atoms with Gasteiger partial charge in [0, 0.05) is 12.7 Å². The molecule has 5 heteroatoms. The molecule has 0 spiro atoms. The van der Waals surface area contributed by atoms with Crippen molar-refractivity contribution in [3.8, 4) is 0 Å². The highest BCUT2D eigenvalue weighted by atomic mass is 79.9. The van der Waals surface area contributed by atoms with Crippen LogP contribution in [-0.4, -0.2) is 21.9 Å². The topological polar surface area (TPSA) is 37.8 Å². The van der Waals surface area contributed by atoms with Crippen molar-refractivity contribution in [2.45, 2.75) is 19.2 Å². The molecular weight excluding hydrogens is 265 g/mol. The standard InChI is InChI=1S/C9H13BrClN3/c1-6(2)8(11)4-13-9-7(10)3-12-5-14-9/h3,5-6,8H,4H2,1-2H3,(H,12,13,14). The lowest BCUT2D eigenvalue weighted by atomic mass is 10.1. The van der Waals surface area contributed by atoms with Crippen LogP contribution in [0.3, 0.4) is 0 Å². The van der Waals surface area contributed by atoms with Crippen LogP contribution in [0.1, 0.15) is 13.8 Å². The molecule has 3 nitrogen and oxygen atoms in total. The molecule has 0 aliphatic heterocycles. The van der Waals surface area contributed by atoms with Crippen molar-refractivity contribution >= 4 is 33.3 Å². The molecule has 1 unspecified atom stereocenters. The minimum absolute atomic E-state index is 0.108. The average molecular weight is 279 g/mol. The second kappa shape index (κ2) is 5.51. The lowest BCUT2D eigenvalue weighted by Gasteiger charge is -2.14. The summed E-state index contributed by atoms with van der Waals surface area (Å²) in [7, 11) is 0. The molecule has 1 aromatic rings. The Morgan fingerprint density at radius 2 is 2.29 bits per heavy atom. The largest absolute Gasteiger partial charge is 0.368 e. The van der Waals surface area contributed by atoms with E-state index >= 15 is 0 Å². The van der Waals surface area contributed by atoms with Crippen molar-refractivity contribution in [2.24, 2.45) is 5.92 Å². The molecule has 0 saturated carbocycles. The first-order valence-electron chi connectivity index (χ1n) is 4.44. The second-order valence-corrected chi connectivity index (χ2v) is 4.78. The molecule has 0 aliphatic rings. The maximum absolute atomic E-state index is 6.10. The van der Waals surface area contributed by atoms with E-state index in [1.165, 1.54) is 6.33 Å². The first-order chi connectivity index (χ1) is 6.61. The van der Waals surface area contributed by atoms with E-state index in [0.29, 0.717) is 12.5 Å². The van der Waals surface area contributed by atoms with Gasteiger partial charge in [0.1, 0.15) is 12.1 Å². The van der Waals surface area contributed by atoms with E-state index in [1.807, 2.05) is 0 Å². The molecule has 1 atom stereocenters. The summed E-state index contributed by atoms with van der Waals surface area (Å²) in [6.45, 7) is 4.89. The Hall–Kier alpha value is -0.350. The van der Waals surface area contributed by atoms with Gasteiger partial charge in [-0.2, -0.15) is 0 Å². The van der Waals surface area contributed by atoms with Crippen LogP contribution >= 0.6 is 27.5 Å². The van der Waals surface area contributed by atoms with Gasteiger partial charge >= 0.3 is 0 Å². The normalized spacial score (nSPS) is 12.9. The quantitative estimate of drug-likeness (QED) is 0.861. The lowest BCUT2D eigenvalue weighted by molar-refractivity contribution is 0.615. The summed E-state index contributed by atoms with van der Waals surface area (Å²) < 4.78 is 0.854. The summed E-state index contributed by atoms with van der Waals surface area (Å²) in [6, 6.07) is 0. The number of alkyl halides is 1. The predicted octanol–water partition coefficient (Wildman–Crippen LogP) is 2.91. The van der Waals surface area contributed by atoms with Gasteiger partial charge in [-0.3, -0.25) is 0 Å². The van der Waals surface area contributed by atoms with Crippen LogP contribution in [0.4, 0.5) is 5.82 Å². The van der Waals surface area contributed by atoms with Crippen molar-refractivity contribution in [1.29, 1.82) is 0 Å². The maximum atomic E-state index is 6.10. The third kappa shape index (κ3) is 3.42. The Bertz CT molecular complexity index is 293. The van der Waals surface area contributed by atoms with Gasteiger partial charge in [0.25, 0.3) is 0 Å². The van der Waals surface area contributed by atoms with E-state index in [2.05, 4.69) is 45.1 Å². The zero-order valence-electron chi connectivity index (χ0n) is 8.17. The first-order valence-corrected chi connectivity index (χ1v) is 5.67. The predicted molar refractivity (Wildman–Crippen MR) is 62.7 cm³/mol. The van der Waals surface area contributed by atoms with Crippen LogP contribution in [-0.2, 0) is 0 Å².